The third-order valence-corrected chi connectivity index (χ3v) is 8.45. The van der Waals surface area contributed by atoms with Gasteiger partial charge in [-0.1, -0.05) is 127 Å². The van der Waals surface area contributed by atoms with Crippen LogP contribution in [0, 0.1) is 0 Å². The number of benzene rings is 8. The molecule has 0 atom stereocenters. The van der Waals surface area contributed by atoms with Crippen LogP contribution in [0.15, 0.2) is 168 Å². The van der Waals surface area contributed by atoms with E-state index in [0.29, 0.717) is 11.1 Å². The van der Waals surface area contributed by atoms with Gasteiger partial charge in [-0.05, 0) is 79.7 Å². The Morgan fingerprint density at radius 1 is 0.429 bits per heavy atom. The highest BCUT2D eigenvalue weighted by Crippen LogP contribution is 2.40. The predicted octanol–water partition coefficient (Wildman–Crippen LogP) is 11.9. The largest absolute Gasteiger partial charge is 0.456 e. The molecule has 8 aromatic carbocycles. The molecule has 2 heterocycles. The summed E-state index contributed by atoms with van der Waals surface area (Å²) < 4.78 is 122. The molecule has 10 rings (SSSR count). The summed E-state index contributed by atoms with van der Waals surface area (Å²) in [7, 11) is 0. The van der Waals surface area contributed by atoms with Crippen LogP contribution in [0.4, 0.5) is 0 Å². The lowest BCUT2D eigenvalue weighted by Crippen LogP contribution is -2.01. The molecule has 0 saturated carbocycles. The van der Waals surface area contributed by atoms with Crippen molar-refractivity contribution < 1.29 is 22.2 Å². The molecule has 0 fully saturated rings. The summed E-state index contributed by atoms with van der Waals surface area (Å²) in [5.74, 6) is -0.619. The fourth-order valence-electron chi connectivity index (χ4n) is 6.09. The van der Waals surface area contributed by atoms with Gasteiger partial charge in [-0.15, -0.1) is 0 Å². The summed E-state index contributed by atoms with van der Waals surface area (Å²) in [4.78, 5) is 14.4. The fraction of sp³-hybridized carbons (Fsp3) is 0. The SMILES string of the molecule is [2H]c1c([2H])c([2H])c2c(oc3c([2H])c(-c4ccc5ccccc5c4)c([2H])c(-c4nc(-c5ccc6ccccc6c5)nc(-c5c([2H])c([2H])c6c([2H])c([2H])c([2H])c([2H])c6c5[2H])n4)c32)c1[2H]. The highest BCUT2D eigenvalue weighted by molar-refractivity contribution is 6.13. The maximum absolute atomic E-state index is 9.92. The predicted molar refractivity (Wildman–Crippen MR) is 201 cm³/mol. The maximum Gasteiger partial charge on any atom is 0.164 e. The van der Waals surface area contributed by atoms with Crippen LogP contribution < -0.4 is 0 Å². The molecule has 228 valence electrons. The molecule has 0 aliphatic heterocycles. The van der Waals surface area contributed by atoms with Crippen molar-refractivity contribution in [2.75, 3.05) is 0 Å². The zero-order chi connectivity index (χ0) is 43.6. The molecule has 0 amide bonds. The molecule has 0 aliphatic carbocycles. The number of furan rings is 1. The number of aromatic nitrogens is 3. The Labute approximate surface area is 300 Å². The van der Waals surface area contributed by atoms with Gasteiger partial charge in [0.15, 0.2) is 17.5 Å². The summed E-state index contributed by atoms with van der Waals surface area (Å²) in [6.45, 7) is 0. The van der Waals surface area contributed by atoms with Crippen molar-refractivity contribution >= 4 is 54.3 Å². The normalized spacial score (nSPS) is 15.4. The van der Waals surface area contributed by atoms with E-state index in [4.69, 9.17) is 31.7 Å². The lowest BCUT2D eigenvalue weighted by atomic mass is 9.96. The smallest absolute Gasteiger partial charge is 0.164 e. The average molecular weight is 639 g/mol. The Morgan fingerprint density at radius 2 is 1.06 bits per heavy atom. The summed E-state index contributed by atoms with van der Waals surface area (Å²) in [6, 6.07) is 19.0. The van der Waals surface area contributed by atoms with Gasteiger partial charge in [0.2, 0.25) is 0 Å². The molecular weight excluding hydrogens is 599 g/mol. The average Bonchev–Trinajstić information content (AvgIpc) is 3.68. The molecule has 4 nitrogen and oxygen atoms in total. The van der Waals surface area contributed by atoms with E-state index in [1.165, 1.54) is 0 Å². The Kier molecular flexibility index (Phi) is 3.91. The van der Waals surface area contributed by atoms with Crippen molar-refractivity contribution in [2.24, 2.45) is 0 Å². The molecule has 0 radical (unpaired) electrons. The Hall–Kier alpha value is -6.65. The van der Waals surface area contributed by atoms with Crippen LogP contribution in [0.3, 0.4) is 0 Å². The van der Waals surface area contributed by atoms with E-state index in [9.17, 15) is 5.48 Å². The van der Waals surface area contributed by atoms with Crippen LogP contribution in [0.2, 0.25) is 0 Å². The van der Waals surface area contributed by atoms with Crippen molar-refractivity contribution in [1.29, 1.82) is 0 Å². The third-order valence-electron chi connectivity index (χ3n) is 8.45. The minimum atomic E-state index is -0.637. The summed E-state index contributed by atoms with van der Waals surface area (Å²) in [5.41, 5.74) is 0.0492. The van der Waals surface area contributed by atoms with Crippen LogP contribution in [0.1, 0.15) is 17.8 Å². The van der Waals surface area contributed by atoms with E-state index < -0.39 is 66.5 Å². The first-order valence-electron chi connectivity index (χ1n) is 21.9. The second-order valence-corrected chi connectivity index (χ2v) is 11.4. The third kappa shape index (κ3) is 4.73. The lowest BCUT2D eigenvalue weighted by molar-refractivity contribution is 0.669. The number of para-hydroxylation sites is 1. The van der Waals surface area contributed by atoms with E-state index in [1.807, 2.05) is 66.7 Å². The van der Waals surface area contributed by atoms with Crippen molar-refractivity contribution in [2.45, 2.75) is 0 Å². The van der Waals surface area contributed by atoms with E-state index in [-0.39, 0.29) is 79.0 Å². The molecule has 0 bridgehead atoms. The first-order valence-corrected chi connectivity index (χ1v) is 15.4. The van der Waals surface area contributed by atoms with E-state index in [1.54, 1.807) is 18.2 Å². The summed E-state index contributed by atoms with van der Waals surface area (Å²) in [6.07, 6.45) is 0. The monoisotopic (exact) mass is 638 g/mol. The molecular formula is C45H27N3O. The maximum atomic E-state index is 9.92. The van der Waals surface area contributed by atoms with Crippen LogP contribution in [0.25, 0.3) is 99.5 Å². The van der Waals surface area contributed by atoms with Crippen LogP contribution >= 0.6 is 0 Å². The first kappa shape index (κ1) is 17.5. The molecule has 49 heavy (non-hydrogen) atoms. The quantitative estimate of drug-likeness (QED) is 0.192. The van der Waals surface area contributed by atoms with Gasteiger partial charge in [-0.3, -0.25) is 0 Å². The lowest BCUT2D eigenvalue weighted by Gasteiger charge is -2.12. The van der Waals surface area contributed by atoms with Crippen molar-refractivity contribution in [3.8, 4) is 45.3 Å². The summed E-state index contributed by atoms with van der Waals surface area (Å²) >= 11 is 0. The standard InChI is InChI=1S/C45H27N3O/c1-4-12-31-23-34(20-17-28(31)9-1)37-26-39(42-38-15-7-8-16-40(38)49-41(42)27-37)45-47-43(35-21-18-29-10-2-5-13-32(29)24-35)46-44(48-45)36-22-19-30-11-3-6-14-33(30)25-36/h1-27H/i2D,5D,7D,8D,10D,13D,15D,16D,18D,21D,24D,26D,27D. The van der Waals surface area contributed by atoms with Gasteiger partial charge in [0.25, 0.3) is 0 Å². The summed E-state index contributed by atoms with van der Waals surface area (Å²) in [5, 5.41) is 2.59. The number of rotatable bonds is 4. The minimum Gasteiger partial charge on any atom is -0.456 e. The van der Waals surface area contributed by atoms with Gasteiger partial charge in [-0.2, -0.15) is 0 Å². The topological polar surface area (TPSA) is 51.8 Å². The molecule has 4 heteroatoms. The fourth-order valence-corrected chi connectivity index (χ4v) is 6.09. The molecule has 0 spiro atoms. The molecule has 2 aromatic heterocycles. The zero-order valence-electron chi connectivity index (χ0n) is 38.3. The van der Waals surface area contributed by atoms with Crippen molar-refractivity contribution in [3.05, 3.63) is 163 Å². The molecule has 0 unspecified atom stereocenters. The zero-order valence-corrected chi connectivity index (χ0v) is 25.3. The van der Waals surface area contributed by atoms with E-state index >= 15 is 0 Å². The molecule has 0 aliphatic rings. The Bertz CT molecular complexity index is 3650. The van der Waals surface area contributed by atoms with Crippen molar-refractivity contribution in [1.82, 2.24) is 15.0 Å². The molecule has 10 aromatic rings. The van der Waals surface area contributed by atoms with E-state index in [2.05, 4.69) is 0 Å². The van der Waals surface area contributed by atoms with Gasteiger partial charge in [-0.25, -0.2) is 15.0 Å². The highest BCUT2D eigenvalue weighted by atomic mass is 16.3. The van der Waals surface area contributed by atoms with Crippen LogP contribution in [-0.4, -0.2) is 15.0 Å². The van der Waals surface area contributed by atoms with Crippen molar-refractivity contribution in [3.63, 3.8) is 0 Å². The van der Waals surface area contributed by atoms with Gasteiger partial charge in [0, 0.05) is 27.5 Å². The highest BCUT2D eigenvalue weighted by Gasteiger charge is 2.20. The molecule has 0 saturated heterocycles. The Morgan fingerprint density at radius 3 is 1.86 bits per heavy atom. The second-order valence-electron chi connectivity index (χ2n) is 11.4. The van der Waals surface area contributed by atoms with Gasteiger partial charge >= 0.3 is 0 Å². The number of hydrogen-bond acceptors (Lipinski definition) is 4. The Balaban J connectivity index is 1.38. The minimum absolute atomic E-state index is 0.0133. The van der Waals surface area contributed by atoms with E-state index in [0.717, 1.165) is 21.5 Å². The molecule has 0 N–H and O–H groups in total. The second kappa shape index (κ2) is 11.0. The van der Waals surface area contributed by atoms with Gasteiger partial charge in [0.1, 0.15) is 11.2 Å². The van der Waals surface area contributed by atoms with Crippen LogP contribution in [0.5, 0.6) is 0 Å². The first-order chi connectivity index (χ1) is 29.7. The van der Waals surface area contributed by atoms with Crippen LogP contribution in [-0.2, 0) is 0 Å². The number of nitrogens with zero attached hydrogens (tertiary/aromatic N) is 3. The number of fused-ring (bicyclic) bond motifs is 6. The number of hydrogen-bond donors (Lipinski definition) is 0. The van der Waals surface area contributed by atoms with Gasteiger partial charge in [0.05, 0.1) is 17.8 Å². The van der Waals surface area contributed by atoms with Gasteiger partial charge < -0.3 is 4.42 Å².